The first kappa shape index (κ1) is 13.4. The molecule has 0 aromatic heterocycles. The fraction of sp³-hybridized carbons (Fsp3) is 0.455. The summed E-state index contributed by atoms with van der Waals surface area (Å²) in [6, 6.07) is 3.06. The predicted octanol–water partition coefficient (Wildman–Crippen LogP) is 2.17. The van der Waals surface area contributed by atoms with E-state index in [4.69, 9.17) is 0 Å². The summed E-state index contributed by atoms with van der Waals surface area (Å²) < 4.78 is 25.8. The molecule has 2 N–H and O–H groups in total. The van der Waals surface area contributed by atoms with Gasteiger partial charge in [0.2, 0.25) is 0 Å². The second-order valence-corrected chi connectivity index (χ2v) is 3.85. The molecule has 0 unspecified atom stereocenters. The fourth-order valence-electron chi connectivity index (χ4n) is 1.96. The predicted molar refractivity (Wildman–Crippen MR) is 59.6 cm³/mol. The third-order valence-corrected chi connectivity index (χ3v) is 2.71. The second-order valence-electron chi connectivity index (χ2n) is 3.85. The van der Waals surface area contributed by atoms with Crippen LogP contribution < -0.4 is 5.32 Å². The van der Waals surface area contributed by atoms with Gasteiger partial charge in [-0.3, -0.25) is 0 Å². The van der Waals surface area contributed by atoms with Crippen LogP contribution in [0, 0.1) is 11.6 Å². The number of hydrogen-bond acceptors (Lipinski definition) is 2. The molecule has 2 nitrogen and oxygen atoms in total. The Morgan fingerprint density at radius 2 is 1.88 bits per heavy atom. The summed E-state index contributed by atoms with van der Waals surface area (Å²) in [5.41, 5.74) is 0.298. The molecule has 16 heavy (non-hydrogen) atoms. The molecule has 5 heteroatoms. The van der Waals surface area contributed by atoms with Crippen molar-refractivity contribution in [2.75, 3.05) is 6.54 Å². The standard InChI is InChI=1S/C11H13F2NO.ClH/c12-8-4-7(5-9(13)6-8)11(15)10-2-1-3-14-10;/h4-6,10-11,14-15H,1-3H2;1H/t10-,11+;/m1./s1. The lowest BCUT2D eigenvalue weighted by Crippen LogP contribution is -2.28. The fourth-order valence-corrected chi connectivity index (χ4v) is 1.96. The van der Waals surface area contributed by atoms with Crippen LogP contribution in [0.2, 0.25) is 0 Å². The summed E-state index contributed by atoms with van der Waals surface area (Å²) in [5, 5.41) is 13.0. The topological polar surface area (TPSA) is 32.3 Å². The van der Waals surface area contributed by atoms with Crippen LogP contribution in [0.4, 0.5) is 8.78 Å². The van der Waals surface area contributed by atoms with Crippen molar-refractivity contribution in [3.63, 3.8) is 0 Å². The van der Waals surface area contributed by atoms with E-state index < -0.39 is 17.7 Å². The Kier molecular flexibility index (Phi) is 4.65. The molecule has 1 aliphatic rings. The Hall–Kier alpha value is -0.710. The van der Waals surface area contributed by atoms with E-state index >= 15 is 0 Å². The first-order chi connectivity index (χ1) is 7.16. The lowest BCUT2D eigenvalue weighted by molar-refractivity contribution is 0.136. The van der Waals surface area contributed by atoms with Crippen molar-refractivity contribution in [3.05, 3.63) is 35.4 Å². The van der Waals surface area contributed by atoms with Crippen LogP contribution in [0.5, 0.6) is 0 Å². The average Bonchev–Trinajstić information content (AvgIpc) is 2.67. The van der Waals surface area contributed by atoms with Crippen LogP contribution in [-0.4, -0.2) is 17.7 Å². The molecular weight excluding hydrogens is 236 g/mol. The molecule has 2 rings (SSSR count). The third kappa shape index (κ3) is 2.90. The van der Waals surface area contributed by atoms with Crippen molar-refractivity contribution in [2.45, 2.75) is 25.0 Å². The maximum absolute atomic E-state index is 12.9. The number of hydrogen-bond donors (Lipinski definition) is 2. The highest BCUT2D eigenvalue weighted by Gasteiger charge is 2.24. The van der Waals surface area contributed by atoms with E-state index in [1.165, 1.54) is 12.1 Å². The molecule has 0 aliphatic carbocycles. The van der Waals surface area contributed by atoms with Gasteiger partial charge in [0.1, 0.15) is 11.6 Å². The van der Waals surface area contributed by atoms with Crippen molar-refractivity contribution in [1.82, 2.24) is 5.32 Å². The Balaban J connectivity index is 0.00000128. The van der Waals surface area contributed by atoms with Gasteiger partial charge in [-0.15, -0.1) is 12.4 Å². The van der Waals surface area contributed by atoms with E-state index in [9.17, 15) is 13.9 Å². The first-order valence-electron chi connectivity index (χ1n) is 5.04. The number of benzene rings is 1. The van der Waals surface area contributed by atoms with Gasteiger partial charge in [0.05, 0.1) is 6.10 Å². The number of nitrogens with one attached hydrogen (secondary N) is 1. The minimum absolute atomic E-state index is 0. The minimum Gasteiger partial charge on any atom is -0.387 e. The van der Waals surface area contributed by atoms with Crippen LogP contribution in [0.3, 0.4) is 0 Å². The SMILES string of the molecule is Cl.O[C@@H](c1cc(F)cc(F)c1)[C@H]1CCCN1. The summed E-state index contributed by atoms with van der Waals surface area (Å²) in [5.74, 6) is -1.30. The summed E-state index contributed by atoms with van der Waals surface area (Å²) in [6.07, 6.45) is 0.983. The highest BCUT2D eigenvalue weighted by molar-refractivity contribution is 5.85. The van der Waals surface area contributed by atoms with Gasteiger partial charge in [-0.1, -0.05) is 0 Å². The smallest absolute Gasteiger partial charge is 0.126 e. The Labute approximate surface area is 99.1 Å². The van der Waals surface area contributed by atoms with Crippen molar-refractivity contribution in [1.29, 1.82) is 0 Å². The van der Waals surface area contributed by atoms with E-state index in [2.05, 4.69) is 5.32 Å². The lowest BCUT2D eigenvalue weighted by Gasteiger charge is -2.18. The van der Waals surface area contributed by atoms with E-state index in [0.29, 0.717) is 5.56 Å². The molecule has 2 atom stereocenters. The third-order valence-electron chi connectivity index (χ3n) is 2.71. The number of aliphatic hydroxyl groups excluding tert-OH is 1. The maximum atomic E-state index is 12.9. The molecule has 1 aromatic rings. The number of halogens is 3. The molecule has 1 heterocycles. The summed E-state index contributed by atoms with van der Waals surface area (Å²) >= 11 is 0. The van der Waals surface area contributed by atoms with E-state index in [-0.39, 0.29) is 18.4 Å². The molecule has 90 valence electrons. The zero-order valence-corrected chi connectivity index (χ0v) is 9.44. The molecule has 0 bridgehead atoms. The summed E-state index contributed by atoms with van der Waals surface area (Å²) in [6.45, 7) is 0.847. The molecule has 1 aromatic carbocycles. The van der Waals surface area contributed by atoms with Gasteiger partial charge in [0, 0.05) is 12.1 Å². The largest absolute Gasteiger partial charge is 0.387 e. The van der Waals surface area contributed by atoms with Gasteiger partial charge in [0.15, 0.2) is 0 Å². The van der Waals surface area contributed by atoms with E-state index in [0.717, 1.165) is 25.5 Å². The van der Waals surface area contributed by atoms with Gasteiger partial charge in [-0.25, -0.2) is 8.78 Å². The van der Waals surface area contributed by atoms with Crippen LogP contribution in [0.25, 0.3) is 0 Å². The first-order valence-corrected chi connectivity index (χ1v) is 5.04. The summed E-state index contributed by atoms with van der Waals surface area (Å²) in [4.78, 5) is 0. The van der Waals surface area contributed by atoms with Gasteiger partial charge < -0.3 is 10.4 Å². The van der Waals surface area contributed by atoms with Gasteiger partial charge in [0.25, 0.3) is 0 Å². The summed E-state index contributed by atoms with van der Waals surface area (Å²) in [7, 11) is 0. The lowest BCUT2D eigenvalue weighted by atomic mass is 10.0. The zero-order valence-electron chi connectivity index (χ0n) is 8.62. The quantitative estimate of drug-likeness (QED) is 0.842. The van der Waals surface area contributed by atoms with Crippen LogP contribution in [0.15, 0.2) is 18.2 Å². The molecule has 0 saturated carbocycles. The van der Waals surface area contributed by atoms with E-state index in [1.807, 2.05) is 0 Å². The molecule has 1 aliphatic heterocycles. The van der Waals surface area contributed by atoms with Gasteiger partial charge >= 0.3 is 0 Å². The molecule has 0 radical (unpaired) electrons. The number of aliphatic hydroxyl groups is 1. The highest BCUT2D eigenvalue weighted by Crippen LogP contribution is 2.24. The van der Waals surface area contributed by atoms with Crippen LogP contribution in [0.1, 0.15) is 24.5 Å². The molecule has 0 amide bonds. The number of rotatable bonds is 2. The normalized spacial score (nSPS) is 21.6. The van der Waals surface area contributed by atoms with Crippen LogP contribution in [-0.2, 0) is 0 Å². The zero-order chi connectivity index (χ0) is 10.8. The highest BCUT2D eigenvalue weighted by atomic mass is 35.5. The van der Waals surface area contributed by atoms with Crippen LogP contribution >= 0.6 is 12.4 Å². The minimum atomic E-state index is -0.835. The van der Waals surface area contributed by atoms with E-state index in [1.54, 1.807) is 0 Å². The van der Waals surface area contributed by atoms with Crippen molar-refractivity contribution in [3.8, 4) is 0 Å². The second kappa shape index (κ2) is 5.57. The Morgan fingerprint density at radius 1 is 1.25 bits per heavy atom. The molecule has 0 spiro atoms. The van der Waals surface area contributed by atoms with Gasteiger partial charge in [-0.05, 0) is 37.1 Å². The Morgan fingerprint density at radius 3 is 2.38 bits per heavy atom. The van der Waals surface area contributed by atoms with Crippen molar-refractivity contribution in [2.24, 2.45) is 0 Å². The molecular formula is C11H14ClF2NO. The van der Waals surface area contributed by atoms with Crippen molar-refractivity contribution < 1.29 is 13.9 Å². The van der Waals surface area contributed by atoms with Crippen molar-refractivity contribution >= 4 is 12.4 Å². The monoisotopic (exact) mass is 249 g/mol. The maximum Gasteiger partial charge on any atom is 0.126 e. The molecule has 1 fully saturated rings. The molecule has 1 saturated heterocycles. The average molecular weight is 250 g/mol. The Bertz CT molecular complexity index is 336. The van der Waals surface area contributed by atoms with Gasteiger partial charge in [-0.2, -0.15) is 0 Å².